The summed E-state index contributed by atoms with van der Waals surface area (Å²) < 4.78 is 0. The summed E-state index contributed by atoms with van der Waals surface area (Å²) in [5.74, 6) is 6.22. The molecule has 0 saturated heterocycles. The maximum absolute atomic E-state index is 3.16. The lowest BCUT2D eigenvalue weighted by Crippen LogP contribution is -2.11. The van der Waals surface area contributed by atoms with Crippen molar-refractivity contribution in [3.05, 3.63) is 35.4 Å². The lowest BCUT2D eigenvalue weighted by molar-refractivity contribution is 0.811. The van der Waals surface area contributed by atoms with Gasteiger partial charge in [0.1, 0.15) is 0 Å². The zero-order chi connectivity index (χ0) is 9.52. The highest BCUT2D eigenvalue weighted by Crippen LogP contribution is 2.03. The van der Waals surface area contributed by atoms with Gasteiger partial charge < -0.3 is 5.32 Å². The van der Waals surface area contributed by atoms with Crippen molar-refractivity contribution >= 4 is 0 Å². The number of rotatable bonds is 2. The van der Waals surface area contributed by atoms with Crippen molar-refractivity contribution in [2.45, 2.75) is 13.8 Å². The van der Waals surface area contributed by atoms with Crippen LogP contribution in [0.25, 0.3) is 0 Å². The second-order valence-electron chi connectivity index (χ2n) is 2.90. The minimum Gasteiger partial charge on any atom is -0.306 e. The highest BCUT2D eigenvalue weighted by molar-refractivity contribution is 5.40. The van der Waals surface area contributed by atoms with E-state index in [1.165, 1.54) is 5.56 Å². The molecule has 0 saturated carbocycles. The zero-order valence-corrected chi connectivity index (χ0v) is 8.22. The van der Waals surface area contributed by atoms with E-state index in [0.29, 0.717) is 0 Å². The fourth-order valence-corrected chi connectivity index (χ4v) is 1.04. The van der Waals surface area contributed by atoms with Gasteiger partial charge in [-0.2, -0.15) is 0 Å². The first kappa shape index (κ1) is 9.83. The van der Waals surface area contributed by atoms with E-state index in [-0.39, 0.29) is 0 Å². The van der Waals surface area contributed by atoms with Crippen molar-refractivity contribution in [2.24, 2.45) is 0 Å². The van der Waals surface area contributed by atoms with E-state index >= 15 is 0 Å². The van der Waals surface area contributed by atoms with Gasteiger partial charge in [0.25, 0.3) is 0 Å². The van der Waals surface area contributed by atoms with Gasteiger partial charge in [-0.3, -0.25) is 0 Å². The van der Waals surface area contributed by atoms with E-state index in [2.05, 4.69) is 37.1 Å². The largest absolute Gasteiger partial charge is 0.306 e. The van der Waals surface area contributed by atoms with E-state index in [0.717, 1.165) is 18.7 Å². The maximum atomic E-state index is 3.16. The van der Waals surface area contributed by atoms with Crippen molar-refractivity contribution in [2.75, 3.05) is 13.1 Å². The van der Waals surface area contributed by atoms with Gasteiger partial charge in [0, 0.05) is 5.56 Å². The second-order valence-corrected chi connectivity index (χ2v) is 2.90. The van der Waals surface area contributed by atoms with E-state index < -0.39 is 0 Å². The Hall–Kier alpha value is -1.26. The molecular formula is C12H15N. The number of hydrogen-bond acceptors (Lipinski definition) is 1. The third kappa shape index (κ3) is 3.31. The Morgan fingerprint density at radius 1 is 1.31 bits per heavy atom. The zero-order valence-electron chi connectivity index (χ0n) is 8.22. The first-order valence-electron chi connectivity index (χ1n) is 4.60. The third-order valence-corrected chi connectivity index (χ3v) is 1.83. The van der Waals surface area contributed by atoms with Crippen LogP contribution < -0.4 is 5.32 Å². The minimum absolute atomic E-state index is 0.769. The van der Waals surface area contributed by atoms with Crippen LogP contribution in [0.2, 0.25) is 0 Å². The topological polar surface area (TPSA) is 12.0 Å². The van der Waals surface area contributed by atoms with Crippen LogP contribution in [0.3, 0.4) is 0 Å². The molecule has 0 unspecified atom stereocenters. The quantitative estimate of drug-likeness (QED) is 0.532. The van der Waals surface area contributed by atoms with Crippen molar-refractivity contribution in [3.8, 4) is 11.8 Å². The summed E-state index contributed by atoms with van der Waals surface area (Å²) in [6, 6.07) is 8.18. The van der Waals surface area contributed by atoms with Gasteiger partial charge in [0.2, 0.25) is 0 Å². The van der Waals surface area contributed by atoms with E-state index in [9.17, 15) is 0 Å². The van der Waals surface area contributed by atoms with Crippen molar-refractivity contribution in [3.63, 3.8) is 0 Å². The Kier molecular flexibility index (Phi) is 4.08. The Bertz CT molecular complexity index is 317. The highest BCUT2D eigenvalue weighted by Gasteiger charge is 1.89. The first-order chi connectivity index (χ1) is 6.34. The molecule has 1 heteroatoms. The normalized spacial score (nSPS) is 9.08. The standard InChI is InChI=1S/C12H15N/c1-3-13-10-6-9-12-8-5-4-7-11(12)2/h4-5,7-8,13H,3,10H2,1-2H3. The van der Waals surface area contributed by atoms with Crippen molar-refractivity contribution in [1.82, 2.24) is 5.32 Å². The molecule has 0 aliphatic heterocycles. The van der Waals surface area contributed by atoms with Crippen LogP contribution in [-0.4, -0.2) is 13.1 Å². The molecule has 0 amide bonds. The lowest BCUT2D eigenvalue weighted by atomic mass is 10.1. The molecule has 0 bridgehead atoms. The molecule has 0 spiro atoms. The van der Waals surface area contributed by atoms with Gasteiger partial charge in [-0.05, 0) is 25.1 Å². The molecule has 0 aromatic heterocycles. The monoisotopic (exact) mass is 173 g/mol. The fourth-order valence-electron chi connectivity index (χ4n) is 1.04. The van der Waals surface area contributed by atoms with Crippen LogP contribution in [0.1, 0.15) is 18.1 Å². The van der Waals surface area contributed by atoms with E-state index in [1.54, 1.807) is 0 Å². The van der Waals surface area contributed by atoms with Crippen LogP contribution in [-0.2, 0) is 0 Å². The number of hydrogen-bond donors (Lipinski definition) is 1. The van der Waals surface area contributed by atoms with E-state index in [4.69, 9.17) is 0 Å². The summed E-state index contributed by atoms with van der Waals surface area (Å²) in [6.07, 6.45) is 0. The predicted molar refractivity (Wildman–Crippen MR) is 56.6 cm³/mol. The number of benzene rings is 1. The average molecular weight is 173 g/mol. The Morgan fingerprint density at radius 3 is 2.77 bits per heavy atom. The van der Waals surface area contributed by atoms with Crippen molar-refractivity contribution in [1.29, 1.82) is 0 Å². The summed E-state index contributed by atoms with van der Waals surface area (Å²) in [7, 11) is 0. The smallest absolute Gasteiger partial charge is 0.0580 e. The summed E-state index contributed by atoms with van der Waals surface area (Å²) in [6.45, 7) is 5.90. The van der Waals surface area contributed by atoms with Gasteiger partial charge in [0.05, 0.1) is 6.54 Å². The van der Waals surface area contributed by atoms with Crippen LogP contribution in [0.5, 0.6) is 0 Å². The molecular weight excluding hydrogens is 158 g/mol. The third-order valence-electron chi connectivity index (χ3n) is 1.83. The maximum Gasteiger partial charge on any atom is 0.0580 e. The summed E-state index contributed by atoms with van der Waals surface area (Å²) in [4.78, 5) is 0. The van der Waals surface area contributed by atoms with Crippen molar-refractivity contribution < 1.29 is 0 Å². The van der Waals surface area contributed by atoms with Gasteiger partial charge in [-0.25, -0.2) is 0 Å². The molecule has 0 aliphatic carbocycles. The van der Waals surface area contributed by atoms with Gasteiger partial charge in [-0.1, -0.05) is 37.0 Å². The molecule has 0 heterocycles. The Morgan fingerprint density at radius 2 is 2.08 bits per heavy atom. The minimum atomic E-state index is 0.769. The molecule has 0 aliphatic rings. The molecule has 68 valence electrons. The summed E-state index contributed by atoms with van der Waals surface area (Å²) >= 11 is 0. The predicted octanol–water partition coefficient (Wildman–Crippen LogP) is 1.96. The summed E-state index contributed by atoms with van der Waals surface area (Å²) in [5.41, 5.74) is 2.37. The number of aryl methyl sites for hydroxylation is 1. The van der Waals surface area contributed by atoms with Crippen LogP contribution >= 0.6 is 0 Å². The molecule has 1 nitrogen and oxygen atoms in total. The Balaban J connectivity index is 2.61. The molecule has 0 radical (unpaired) electrons. The molecule has 1 aromatic carbocycles. The molecule has 0 fully saturated rings. The molecule has 1 aromatic rings. The fraction of sp³-hybridized carbons (Fsp3) is 0.333. The molecule has 1 N–H and O–H groups in total. The Labute approximate surface area is 80.2 Å². The van der Waals surface area contributed by atoms with Gasteiger partial charge in [-0.15, -0.1) is 0 Å². The van der Waals surface area contributed by atoms with Gasteiger partial charge in [0.15, 0.2) is 0 Å². The average Bonchev–Trinajstić information content (AvgIpc) is 2.15. The van der Waals surface area contributed by atoms with Crippen LogP contribution in [0, 0.1) is 18.8 Å². The lowest BCUT2D eigenvalue weighted by Gasteiger charge is -1.95. The van der Waals surface area contributed by atoms with Crippen LogP contribution in [0.4, 0.5) is 0 Å². The highest BCUT2D eigenvalue weighted by atomic mass is 14.8. The van der Waals surface area contributed by atoms with E-state index in [1.807, 2.05) is 18.2 Å². The number of nitrogens with one attached hydrogen (secondary N) is 1. The summed E-state index contributed by atoms with van der Waals surface area (Å²) in [5, 5.41) is 3.16. The second kappa shape index (κ2) is 5.40. The molecule has 1 rings (SSSR count). The SMILES string of the molecule is CCNCC#Cc1ccccc1C. The molecule has 0 atom stereocenters. The first-order valence-corrected chi connectivity index (χ1v) is 4.60. The molecule has 13 heavy (non-hydrogen) atoms. The van der Waals surface area contributed by atoms with Crippen LogP contribution in [0.15, 0.2) is 24.3 Å². The van der Waals surface area contributed by atoms with Gasteiger partial charge >= 0.3 is 0 Å².